The quantitative estimate of drug-likeness (QED) is 0.832. The summed E-state index contributed by atoms with van der Waals surface area (Å²) in [6, 6.07) is 0.799. The molecule has 0 bridgehead atoms. The van der Waals surface area contributed by atoms with E-state index in [1.54, 1.807) is 0 Å². The molecule has 2 aliphatic heterocycles. The predicted molar refractivity (Wildman–Crippen MR) is 78.4 cm³/mol. The Labute approximate surface area is 121 Å². The van der Waals surface area contributed by atoms with Crippen LogP contribution in [0.15, 0.2) is 6.20 Å². The summed E-state index contributed by atoms with van der Waals surface area (Å²) in [6.07, 6.45) is 6.23. The van der Waals surface area contributed by atoms with Crippen molar-refractivity contribution >= 4 is 0 Å². The van der Waals surface area contributed by atoms with Crippen molar-refractivity contribution < 1.29 is 0 Å². The van der Waals surface area contributed by atoms with E-state index in [4.69, 9.17) is 0 Å². The molecule has 1 atom stereocenters. The summed E-state index contributed by atoms with van der Waals surface area (Å²) in [5.41, 5.74) is 1.02. The van der Waals surface area contributed by atoms with Crippen molar-refractivity contribution in [2.24, 2.45) is 0 Å². The first-order valence-corrected chi connectivity index (χ1v) is 7.85. The van der Waals surface area contributed by atoms with Crippen molar-refractivity contribution in [2.45, 2.75) is 38.4 Å². The Morgan fingerprint density at radius 2 is 2.20 bits per heavy atom. The van der Waals surface area contributed by atoms with E-state index in [1.165, 1.54) is 45.4 Å². The molecule has 0 saturated carbocycles. The Hall–Kier alpha value is -0.980. The van der Waals surface area contributed by atoms with Gasteiger partial charge in [-0.25, -0.2) is 0 Å². The number of hydrogen-bond donors (Lipinski definition) is 1. The minimum atomic E-state index is 0.792. The summed E-state index contributed by atoms with van der Waals surface area (Å²) in [5.74, 6) is 0. The summed E-state index contributed by atoms with van der Waals surface area (Å²) in [7, 11) is 1.93. The fourth-order valence-corrected chi connectivity index (χ4v) is 3.38. The lowest BCUT2D eigenvalue weighted by Crippen LogP contribution is -2.55. The third-order valence-electron chi connectivity index (χ3n) is 4.51. The molecular formula is C14H26N6. The largest absolute Gasteiger partial charge is 0.314 e. The Kier molecular flexibility index (Phi) is 4.65. The summed E-state index contributed by atoms with van der Waals surface area (Å²) in [6.45, 7) is 7.82. The molecule has 2 fully saturated rings. The lowest BCUT2D eigenvalue weighted by Gasteiger charge is -2.44. The molecule has 20 heavy (non-hydrogen) atoms. The molecule has 0 spiro atoms. The first kappa shape index (κ1) is 14.0. The van der Waals surface area contributed by atoms with Crippen LogP contribution in [0.1, 0.15) is 25.0 Å². The molecule has 0 amide bonds. The smallest absolute Gasteiger partial charge is 0.0964 e. The Balaban J connectivity index is 1.46. The van der Waals surface area contributed by atoms with Crippen LogP contribution < -0.4 is 5.32 Å². The summed E-state index contributed by atoms with van der Waals surface area (Å²) in [5, 5.41) is 11.5. The normalized spacial score (nSPS) is 24.8. The van der Waals surface area contributed by atoms with Crippen LogP contribution >= 0.6 is 0 Å². The van der Waals surface area contributed by atoms with E-state index in [2.05, 4.69) is 25.4 Å². The molecule has 0 aliphatic carbocycles. The summed E-state index contributed by atoms with van der Waals surface area (Å²) < 4.78 is 1.97. The van der Waals surface area contributed by atoms with Gasteiger partial charge in [-0.1, -0.05) is 11.6 Å². The fourth-order valence-electron chi connectivity index (χ4n) is 3.38. The van der Waals surface area contributed by atoms with Gasteiger partial charge in [0.25, 0.3) is 0 Å². The van der Waals surface area contributed by atoms with Gasteiger partial charge in [0.1, 0.15) is 0 Å². The van der Waals surface area contributed by atoms with Gasteiger partial charge >= 0.3 is 0 Å². The molecule has 1 aromatic heterocycles. The molecule has 0 aromatic carbocycles. The molecule has 1 N–H and O–H groups in total. The van der Waals surface area contributed by atoms with Gasteiger partial charge in [0.05, 0.1) is 12.2 Å². The number of piperidine rings is 1. The topological polar surface area (TPSA) is 49.2 Å². The van der Waals surface area contributed by atoms with Crippen molar-refractivity contribution in [1.82, 2.24) is 30.1 Å². The second-order valence-corrected chi connectivity index (χ2v) is 5.99. The number of rotatable bonds is 5. The zero-order valence-corrected chi connectivity index (χ0v) is 12.5. The molecule has 6 nitrogen and oxygen atoms in total. The standard InChI is InChI=1S/C14H26N6/c1-15-10-13-11-20(17-16-13)9-7-18-6-8-19-5-3-2-4-14(19)12-18/h11,14-15H,2-10,12H2,1H3. The number of nitrogens with one attached hydrogen (secondary N) is 1. The monoisotopic (exact) mass is 278 g/mol. The van der Waals surface area contributed by atoms with Gasteiger partial charge in [-0.3, -0.25) is 14.5 Å². The fraction of sp³-hybridized carbons (Fsp3) is 0.857. The summed E-state index contributed by atoms with van der Waals surface area (Å²) in [4.78, 5) is 5.27. The number of aromatic nitrogens is 3. The molecule has 3 heterocycles. The van der Waals surface area contributed by atoms with Crippen LogP contribution in [-0.2, 0) is 13.1 Å². The molecule has 1 aromatic rings. The van der Waals surface area contributed by atoms with E-state index in [0.29, 0.717) is 0 Å². The molecule has 2 saturated heterocycles. The first-order valence-electron chi connectivity index (χ1n) is 7.85. The number of hydrogen-bond acceptors (Lipinski definition) is 5. The molecule has 3 rings (SSSR count). The van der Waals surface area contributed by atoms with Gasteiger partial charge < -0.3 is 5.32 Å². The molecule has 0 radical (unpaired) electrons. The van der Waals surface area contributed by atoms with Crippen molar-refractivity contribution in [1.29, 1.82) is 0 Å². The second-order valence-electron chi connectivity index (χ2n) is 5.99. The van der Waals surface area contributed by atoms with Crippen LogP contribution in [-0.4, -0.2) is 70.6 Å². The Morgan fingerprint density at radius 3 is 3.10 bits per heavy atom. The van der Waals surface area contributed by atoms with E-state index < -0.39 is 0 Å². The highest BCUT2D eigenvalue weighted by Crippen LogP contribution is 2.20. The predicted octanol–water partition coefficient (Wildman–Crippen LogP) is 0.168. The van der Waals surface area contributed by atoms with Gasteiger partial charge in [0, 0.05) is 45.0 Å². The maximum Gasteiger partial charge on any atom is 0.0964 e. The number of nitrogens with zero attached hydrogens (tertiary/aromatic N) is 5. The van der Waals surface area contributed by atoms with E-state index in [9.17, 15) is 0 Å². The van der Waals surface area contributed by atoms with Crippen molar-refractivity contribution in [3.63, 3.8) is 0 Å². The van der Waals surface area contributed by atoms with Crippen LogP contribution in [0.5, 0.6) is 0 Å². The Morgan fingerprint density at radius 1 is 1.25 bits per heavy atom. The highest BCUT2D eigenvalue weighted by atomic mass is 15.4. The average Bonchev–Trinajstić information content (AvgIpc) is 2.93. The van der Waals surface area contributed by atoms with Crippen LogP contribution in [0, 0.1) is 0 Å². The van der Waals surface area contributed by atoms with Gasteiger partial charge in [-0.15, -0.1) is 5.10 Å². The van der Waals surface area contributed by atoms with Crippen LogP contribution in [0.2, 0.25) is 0 Å². The number of fused-ring (bicyclic) bond motifs is 1. The van der Waals surface area contributed by atoms with Gasteiger partial charge in [0.15, 0.2) is 0 Å². The highest BCUT2D eigenvalue weighted by molar-refractivity contribution is 4.91. The maximum atomic E-state index is 4.19. The maximum absolute atomic E-state index is 4.19. The molecule has 112 valence electrons. The van der Waals surface area contributed by atoms with E-state index in [0.717, 1.165) is 31.4 Å². The lowest BCUT2D eigenvalue weighted by molar-refractivity contribution is 0.0473. The van der Waals surface area contributed by atoms with Gasteiger partial charge in [-0.2, -0.15) is 0 Å². The van der Waals surface area contributed by atoms with Crippen molar-refractivity contribution in [3.8, 4) is 0 Å². The van der Waals surface area contributed by atoms with Crippen molar-refractivity contribution in [3.05, 3.63) is 11.9 Å². The average molecular weight is 278 g/mol. The first-order chi connectivity index (χ1) is 9.85. The van der Waals surface area contributed by atoms with Gasteiger partial charge in [0.2, 0.25) is 0 Å². The van der Waals surface area contributed by atoms with Crippen LogP contribution in [0.25, 0.3) is 0 Å². The molecular weight excluding hydrogens is 252 g/mol. The SMILES string of the molecule is CNCc1cn(CCN2CCN3CCCCC3C2)nn1. The molecule has 1 unspecified atom stereocenters. The second kappa shape index (κ2) is 6.65. The highest BCUT2D eigenvalue weighted by Gasteiger charge is 2.28. The summed E-state index contributed by atoms with van der Waals surface area (Å²) >= 11 is 0. The van der Waals surface area contributed by atoms with E-state index in [-0.39, 0.29) is 0 Å². The van der Waals surface area contributed by atoms with Crippen LogP contribution in [0.3, 0.4) is 0 Å². The molecule has 6 heteroatoms. The van der Waals surface area contributed by atoms with Crippen molar-refractivity contribution in [2.75, 3.05) is 39.8 Å². The zero-order chi connectivity index (χ0) is 13.8. The van der Waals surface area contributed by atoms with Gasteiger partial charge in [-0.05, 0) is 26.4 Å². The van der Waals surface area contributed by atoms with Crippen LogP contribution in [0.4, 0.5) is 0 Å². The third kappa shape index (κ3) is 3.37. The van der Waals surface area contributed by atoms with E-state index >= 15 is 0 Å². The van der Waals surface area contributed by atoms with E-state index in [1.807, 2.05) is 17.9 Å². The zero-order valence-electron chi connectivity index (χ0n) is 12.5. The number of piperazine rings is 1. The molecule has 2 aliphatic rings. The Bertz CT molecular complexity index is 418. The lowest BCUT2D eigenvalue weighted by atomic mass is 9.99. The third-order valence-corrected chi connectivity index (χ3v) is 4.51. The minimum absolute atomic E-state index is 0.792. The minimum Gasteiger partial charge on any atom is -0.314 e.